The van der Waals surface area contributed by atoms with E-state index in [0.29, 0.717) is 10.7 Å². The van der Waals surface area contributed by atoms with Crippen LogP contribution < -0.4 is 0 Å². The lowest BCUT2D eigenvalue weighted by atomic mass is 10.1. The Bertz CT molecular complexity index is 665. The van der Waals surface area contributed by atoms with Crippen LogP contribution in [0.5, 0.6) is 0 Å². The van der Waals surface area contributed by atoms with Gasteiger partial charge in [-0.2, -0.15) is 0 Å². The highest BCUT2D eigenvalue weighted by atomic mass is 35.5. The number of fused-ring (bicyclic) bond motifs is 1. The van der Waals surface area contributed by atoms with Gasteiger partial charge in [0.1, 0.15) is 21.3 Å². The van der Waals surface area contributed by atoms with E-state index in [1.165, 1.54) is 0 Å². The first-order chi connectivity index (χ1) is 9.27. The number of hydrogen-bond donors (Lipinski definition) is 0. The van der Waals surface area contributed by atoms with Crippen LogP contribution in [0.4, 0.5) is 0 Å². The second-order valence-electron chi connectivity index (χ2n) is 5.66. The summed E-state index contributed by atoms with van der Waals surface area (Å²) in [6.07, 6.45) is 1.54. The zero-order valence-electron chi connectivity index (χ0n) is 12.0. The number of aromatic nitrogens is 1. The molecule has 0 bridgehead atoms. The van der Waals surface area contributed by atoms with Crippen LogP contribution in [0.1, 0.15) is 31.9 Å². The monoisotopic (exact) mass is 308 g/mol. The Balaban J connectivity index is 2.39. The quantitative estimate of drug-likeness (QED) is 0.477. The minimum atomic E-state index is -1.30. The highest BCUT2D eigenvalue weighted by molar-refractivity contribution is 7.91. The molecule has 5 heteroatoms. The molecule has 0 fully saturated rings. The van der Waals surface area contributed by atoms with Crippen molar-refractivity contribution in [3.8, 4) is 0 Å². The molecule has 1 aromatic carbocycles. The van der Waals surface area contributed by atoms with Crippen molar-refractivity contribution in [3.63, 3.8) is 0 Å². The second kappa shape index (κ2) is 5.72. The summed E-state index contributed by atoms with van der Waals surface area (Å²) in [5.41, 5.74) is 2.68. The molecular formula is C15H17ClN2OS. The fourth-order valence-electron chi connectivity index (χ4n) is 1.64. The van der Waals surface area contributed by atoms with Crippen LogP contribution in [-0.4, -0.2) is 20.5 Å². The van der Waals surface area contributed by atoms with E-state index >= 15 is 0 Å². The Morgan fingerprint density at radius 3 is 2.65 bits per heavy atom. The summed E-state index contributed by atoms with van der Waals surface area (Å²) >= 11 is 4.84. The molecule has 0 N–H and O–H groups in total. The predicted octanol–water partition coefficient (Wildman–Crippen LogP) is 4.08. The number of pyridine rings is 1. The van der Waals surface area contributed by atoms with Crippen molar-refractivity contribution in [2.45, 2.75) is 32.4 Å². The van der Waals surface area contributed by atoms with E-state index in [4.69, 9.17) is 11.6 Å². The van der Waals surface area contributed by atoms with Gasteiger partial charge in [-0.05, 0) is 45.9 Å². The SMILES string of the molecule is Cc1ccc2nc(Cl)c(/C=N/[S@+]([O-])C(C)(C)C)cc2c1. The molecule has 2 rings (SSSR count). The Hall–Kier alpha value is -1.10. The third-order valence-electron chi connectivity index (χ3n) is 2.76. The van der Waals surface area contributed by atoms with Gasteiger partial charge >= 0.3 is 0 Å². The second-order valence-corrected chi connectivity index (χ2v) is 7.95. The first-order valence-corrected chi connectivity index (χ1v) is 7.79. The van der Waals surface area contributed by atoms with Crippen molar-refractivity contribution in [3.05, 3.63) is 40.5 Å². The Morgan fingerprint density at radius 1 is 1.30 bits per heavy atom. The molecule has 20 heavy (non-hydrogen) atoms. The molecule has 0 radical (unpaired) electrons. The molecule has 1 aromatic heterocycles. The molecule has 2 aromatic rings. The normalized spacial score (nSPS) is 14.1. The van der Waals surface area contributed by atoms with E-state index in [2.05, 4.69) is 9.38 Å². The summed E-state index contributed by atoms with van der Waals surface area (Å²) in [5.74, 6) is 0. The minimum Gasteiger partial charge on any atom is -0.591 e. The van der Waals surface area contributed by atoms with E-state index in [9.17, 15) is 4.55 Å². The van der Waals surface area contributed by atoms with Gasteiger partial charge in [-0.1, -0.05) is 27.6 Å². The molecule has 3 nitrogen and oxygen atoms in total. The van der Waals surface area contributed by atoms with Gasteiger partial charge < -0.3 is 4.55 Å². The Morgan fingerprint density at radius 2 is 2.00 bits per heavy atom. The standard InChI is InChI=1S/C15H17ClN2OS/c1-10-5-6-13-11(7-10)8-12(14(16)18-13)9-17-20(19)15(2,3)4/h5-9H,1-4H3/b17-9+/t20-/m1/s1. The molecule has 0 saturated heterocycles. The van der Waals surface area contributed by atoms with E-state index in [1.54, 1.807) is 6.21 Å². The van der Waals surface area contributed by atoms with Crippen molar-refractivity contribution in [2.24, 2.45) is 4.40 Å². The Labute approximate surface area is 127 Å². The van der Waals surface area contributed by atoms with Crippen molar-refractivity contribution in [1.82, 2.24) is 4.98 Å². The molecule has 1 atom stereocenters. The molecule has 0 amide bonds. The molecule has 1 heterocycles. The van der Waals surface area contributed by atoms with Gasteiger partial charge in [0, 0.05) is 10.9 Å². The van der Waals surface area contributed by atoms with Gasteiger partial charge in [0.2, 0.25) is 0 Å². The van der Waals surface area contributed by atoms with Crippen molar-refractivity contribution >= 4 is 40.1 Å². The lowest BCUT2D eigenvalue weighted by Crippen LogP contribution is -2.25. The lowest BCUT2D eigenvalue weighted by Gasteiger charge is -2.17. The largest absolute Gasteiger partial charge is 0.591 e. The van der Waals surface area contributed by atoms with E-state index in [-0.39, 0.29) is 4.75 Å². The molecule has 0 saturated carbocycles. The van der Waals surface area contributed by atoms with Crippen LogP contribution in [0.2, 0.25) is 5.15 Å². The van der Waals surface area contributed by atoms with Gasteiger partial charge in [0.15, 0.2) is 0 Å². The highest BCUT2D eigenvalue weighted by Crippen LogP contribution is 2.22. The molecule has 0 aliphatic carbocycles. The predicted molar refractivity (Wildman–Crippen MR) is 87.0 cm³/mol. The number of halogens is 1. The van der Waals surface area contributed by atoms with E-state index in [0.717, 1.165) is 16.5 Å². The number of hydrogen-bond acceptors (Lipinski definition) is 3. The molecular weight excluding hydrogens is 292 g/mol. The van der Waals surface area contributed by atoms with E-state index < -0.39 is 11.4 Å². The topological polar surface area (TPSA) is 48.3 Å². The zero-order chi connectivity index (χ0) is 14.9. The van der Waals surface area contributed by atoms with Gasteiger partial charge in [0.25, 0.3) is 0 Å². The molecule has 0 aliphatic heterocycles. The number of aryl methyl sites for hydroxylation is 1. The van der Waals surface area contributed by atoms with Gasteiger partial charge in [-0.3, -0.25) is 0 Å². The summed E-state index contributed by atoms with van der Waals surface area (Å²) in [6, 6.07) is 7.89. The van der Waals surface area contributed by atoms with Crippen LogP contribution in [-0.2, 0) is 11.4 Å². The summed E-state index contributed by atoms with van der Waals surface area (Å²) in [6.45, 7) is 7.66. The van der Waals surface area contributed by atoms with Crippen molar-refractivity contribution in [2.75, 3.05) is 0 Å². The molecule has 0 unspecified atom stereocenters. The Kier molecular flexibility index (Phi) is 4.37. The van der Waals surface area contributed by atoms with Crippen LogP contribution in [0.15, 0.2) is 28.7 Å². The first-order valence-electron chi connectivity index (χ1n) is 6.30. The number of nitrogens with zero attached hydrogens (tertiary/aromatic N) is 2. The minimum absolute atomic E-state index is 0.371. The zero-order valence-corrected chi connectivity index (χ0v) is 13.5. The van der Waals surface area contributed by atoms with Crippen LogP contribution in [0.25, 0.3) is 10.9 Å². The molecule has 0 aliphatic rings. The maximum atomic E-state index is 11.9. The van der Waals surface area contributed by atoms with Gasteiger partial charge in [-0.15, -0.1) is 0 Å². The maximum absolute atomic E-state index is 11.9. The highest BCUT2D eigenvalue weighted by Gasteiger charge is 2.25. The smallest absolute Gasteiger partial charge is 0.144 e. The first kappa shape index (κ1) is 15.3. The third-order valence-corrected chi connectivity index (χ3v) is 4.41. The summed E-state index contributed by atoms with van der Waals surface area (Å²) in [4.78, 5) is 4.33. The number of rotatable bonds is 2. The summed E-state index contributed by atoms with van der Waals surface area (Å²) in [7, 11) is 0. The lowest BCUT2D eigenvalue weighted by molar-refractivity contribution is 0.562. The van der Waals surface area contributed by atoms with Crippen LogP contribution >= 0.6 is 11.6 Å². The third kappa shape index (κ3) is 3.51. The fourth-order valence-corrected chi connectivity index (χ4v) is 2.36. The van der Waals surface area contributed by atoms with Crippen LogP contribution in [0, 0.1) is 6.92 Å². The van der Waals surface area contributed by atoms with Crippen molar-refractivity contribution in [1.29, 1.82) is 0 Å². The fraction of sp³-hybridized carbons (Fsp3) is 0.333. The molecule has 0 spiro atoms. The van der Waals surface area contributed by atoms with E-state index in [1.807, 2.05) is 52.0 Å². The summed E-state index contributed by atoms with van der Waals surface area (Å²) < 4.78 is 15.6. The average Bonchev–Trinajstić information content (AvgIpc) is 2.35. The maximum Gasteiger partial charge on any atom is 0.144 e. The van der Waals surface area contributed by atoms with Crippen LogP contribution in [0.3, 0.4) is 0 Å². The van der Waals surface area contributed by atoms with Gasteiger partial charge in [-0.25, -0.2) is 4.98 Å². The van der Waals surface area contributed by atoms with Crippen molar-refractivity contribution < 1.29 is 4.55 Å². The summed E-state index contributed by atoms with van der Waals surface area (Å²) in [5, 5.41) is 1.37. The average molecular weight is 309 g/mol. The number of benzene rings is 1. The molecule has 106 valence electrons. The van der Waals surface area contributed by atoms with Gasteiger partial charge in [0.05, 0.1) is 11.7 Å².